The molecule has 0 radical (unpaired) electrons. The molecule has 0 unspecified atom stereocenters. The van der Waals surface area contributed by atoms with Crippen molar-refractivity contribution in [2.45, 2.75) is 26.8 Å². The van der Waals surface area contributed by atoms with E-state index in [0.29, 0.717) is 11.4 Å². The predicted molar refractivity (Wildman–Crippen MR) is 103 cm³/mol. The van der Waals surface area contributed by atoms with Crippen LogP contribution >= 0.6 is 0 Å². The first kappa shape index (κ1) is 19.7. The number of quaternary nitrogens is 1. The van der Waals surface area contributed by atoms with Crippen molar-refractivity contribution in [2.24, 2.45) is 0 Å². The number of rotatable bonds is 6. The van der Waals surface area contributed by atoms with E-state index in [-0.39, 0.29) is 18.5 Å². The average Bonchev–Trinajstić information content (AvgIpc) is 3.02. The Hall–Kier alpha value is -3.06. The summed E-state index contributed by atoms with van der Waals surface area (Å²) in [6, 6.07) is 13.2. The molecule has 0 aliphatic carbocycles. The van der Waals surface area contributed by atoms with Crippen LogP contribution in [0.4, 0.5) is 14.6 Å². The SMILES string of the molecule is Cc1ccc(-n2nc(C)cc2NC(=O)C[NH2+][C@H](C)c2ccc(F)c(F)c2)cc1. The Kier molecular flexibility index (Phi) is 5.84. The average molecular weight is 385 g/mol. The molecule has 3 rings (SSSR count). The molecule has 7 heteroatoms. The van der Waals surface area contributed by atoms with Crippen LogP contribution in [-0.4, -0.2) is 22.2 Å². The van der Waals surface area contributed by atoms with Crippen LogP contribution in [0.1, 0.15) is 29.8 Å². The summed E-state index contributed by atoms with van der Waals surface area (Å²) in [6.07, 6.45) is 0. The maximum absolute atomic E-state index is 13.4. The van der Waals surface area contributed by atoms with Gasteiger partial charge in [0.2, 0.25) is 0 Å². The van der Waals surface area contributed by atoms with Crippen LogP contribution < -0.4 is 10.6 Å². The highest BCUT2D eigenvalue weighted by molar-refractivity contribution is 5.90. The van der Waals surface area contributed by atoms with E-state index in [2.05, 4.69) is 10.4 Å². The Morgan fingerprint density at radius 1 is 1.11 bits per heavy atom. The molecule has 5 nitrogen and oxygen atoms in total. The summed E-state index contributed by atoms with van der Waals surface area (Å²) in [6.45, 7) is 5.83. The molecule has 0 saturated heterocycles. The number of nitrogens with two attached hydrogens (primary N) is 1. The van der Waals surface area contributed by atoms with Gasteiger partial charge in [0.1, 0.15) is 11.9 Å². The molecule has 1 aromatic heterocycles. The monoisotopic (exact) mass is 385 g/mol. The van der Waals surface area contributed by atoms with E-state index in [1.165, 1.54) is 6.07 Å². The Morgan fingerprint density at radius 3 is 2.50 bits per heavy atom. The molecule has 0 aliphatic rings. The molecule has 0 aliphatic heterocycles. The summed E-state index contributed by atoms with van der Waals surface area (Å²) in [5, 5.41) is 9.07. The number of anilines is 1. The second kappa shape index (κ2) is 8.31. The topological polar surface area (TPSA) is 63.5 Å². The van der Waals surface area contributed by atoms with Crippen molar-refractivity contribution >= 4 is 11.7 Å². The molecule has 1 atom stereocenters. The zero-order valence-electron chi connectivity index (χ0n) is 16.0. The first-order valence-corrected chi connectivity index (χ1v) is 9.05. The second-order valence-electron chi connectivity index (χ2n) is 6.87. The highest BCUT2D eigenvalue weighted by Gasteiger charge is 2.16. The van der Waals surface area contributed by atoms with Crippen LogP contribution in [0.3, 0.4) is 0 Å². The largest absolute Gasteiger partial charge is 0.333 e. The van der Waals surface area contributed by atoms with Crippen LogP contribution in [0.2, 0.25) is 0 Å². The zero-order chi connectivity index (χ0) is 20.3. The van der Waals surface area contributed by atoms with Crippen LogP contribution in [0.5, 0.6) is 0 Å². The minimum absolute atomic E-state index is 0.137. The third-order valence-electron chi connectivity index (χ3n) is 4.50. The summed E-state index contributed by atoms with van der Waals surface area (Å²) >= 11 is 0. The van der Waals surface area contributed by atoms with Crippen molar-refractivity contribution in [3.8, 4) is 5.69 Å². The van der Waals surface area contributed by atoms with Gasteiger partial charge in [-0.25, -0.2) is 13.5 Å². The maximum atomic E-state index is 13.4. The molecule has 0 fully saturated rings. The lowest BCUT2D eigenvalue weighted by Gasteiger charge is -2.12. The van der Waals surface area contributed by atoms with Gasteiger partial charge in [0.15, 0.2) is 18.2 Å². The van der Waals surface area contributed by atoms with Gasteiger partial charge in [-0.15, -0.1) is 0 Å². The number of benzene rings is 2. The van der Waals surface area contributed by atoms with Gasteiger partial charge in [0.25, 0.3) is 5.91 Å². The van der Waals surface area contributed by atoms with Crippen molar-refractivity contribution in [2.75, 3.05) is 11.9 Å². The van der Waals surface area contributed by atoms with Gasteiger partial charge in [0.05, 0.1) is 11.4 Å². The molecule has 0 spiro atoms. The number of nitrogens with zero attached hydrogens (tertiary/aromatic N) is 2. The Labute approximate surface area is 162 Å². The van der Waals surface area contributed by atoms with E-state index in [9.17, 15) is 13.6 Å². The Bertz CT molecular complexity index is 983. The molecule has 146 valence electrons. The standard InChI is InChI=1S/C21H22F2N4O/c1-13-4-7-17(8-5-13)27-20(10-14(2)26-27)25-21(28)12-24-15(3)16-6-9-18(22)19(23)11-16/h4-11,15,24H,12H2,1-3H3,(H,25,28)/p+1/t15-/m1/s1. The molecule has 3 N–H and O–H groups in total. The van der Waals surface area contributed by atoms with E-state index >= 15 is 0 Å². The fourth-order valence-electron chi connectivity index (χ4n) is 2.88. The summed E-state index contributed by atoms with van der Waals surface area (Å²) in [4.78, 5) is 12.4. The smallest absolute Gasteiger partial charge is 0.280 e. The second-order valence-corrected chi connectivity index (χ2v) is 6.87. The van der Waals surface area contributed by atoms with E-state index in [0.717, 1.165) is 29.1 Å². The Morgan fingerprint density at radius 2 is 1.82 bits per heavy atom. The number of aryl methyl sites for hydroxylation is 2. The number of nitrogens with one attached hydrogen (secondary N) is 1. The molecule has 1 heterocycles. The van der Waals surface area contributed by atoms with E-state index < -0.39 is 11.6 Å². The van der Waals surface area contributed by atoms with Crippen LogP contribution in [0, 0.1) is 25.5 Å². The number of halogens is 2. The minimum Gasteiger partial charge on any atom is -0.333 e. The van der Waals surface area contributed by atoms with Crippen LogP contribution in [0.15, 0.2) is 48.5 Å². The fourth-order valence-corrected chi connectivity index (χ4v) is 2.88. The van der Waals surface area contributed by atoms with Gasteiger partial charge in [-0.3, -0.25) is 4.79 Å². The van der Waals surface area contributed by atoms with Crippen LogP contribution in [0.25, 0.3) is 5.69 Å². The van der Waals surface area contributed by atoms with Crippen molar-refractivity contribution in [3.05, 3.63) is 77.0 Å². The predicted octanol–water partition coefficient (Wildman–Crippen LogP) is 3.03. The maximum Gasteiger partial charge on any atom is 0.280 e. The quantitative estimate of drug-likeness (QED) is 0.685. The number of aromatic nitrogens is 2. The molecule has 2 aromatic carbocycles. The number of carbonyl (C=O) groups excluding carboxylic acids is 1. The number of hydrogen-bond acceptors (Lipinski definition) is 2. The van der Waals surface area contributed by atoms with Crippen molar-refractivity contribution in [3.63, 3.8) is 0 Å². The van der Waals surface area contributed by atoms with E-state index in [1.54, 1.807) is 16.1 Å². The van der Waals surface area contributed by atoms with Crippen molar-refractivity contribution in [1.29, 1.82) is 0 Å². The zero-order valence-corrected chi connectivity index (χ0v) is 16.0. The lowest BCUT2D eigenvalue weighted by atomic mass is 10.1. The minimum atomic E-state index is -0.889. The molecule has 0 saturated carbocycles. The van der Waals surface area contributed by atoms with E-state index in [4.69, 9.17) is 0 Å². The number of amides is 1. The van der Waals surface area contributed by atoms with Crippen molar-refractivity contribution < 1.29 is 18.9 Å². The lowest BCUT2D eigenvalue weighted by molar-refractivity contribution is -0.682. The molecule has 3 aromatic rings. The van der Waals surface area contributed by atoms with Gasteiger partial charge in [0, 0.05) is 11.6 Å². The van der Waals surface area contributed by atoms with Crippen molar-refractivity contribution in [1.82, 2.24) is 9.78 Å². The summed E-state index contributed by atoms with van der Waals surface area (Å²) in [5.41, 5.74) is 3.40. The Balaban J connectivity index is 1.65. The van der Waals surface area contributed by atoms with Gasteiger partial charge in [-0.05, 0) is 51.1 Å². The fraction of sp³-hybridized carbons (Fsp3) is 0.238. The third kappa shape index (κ3) is 4.61. The number of carbonyl (C=O) groups is 1. The molecule has 28 heavy (non-hydrogen) atoms. The first-order valence-electron chi connectivity index (χ1n) is 9.05. The van der Waals surface area contributed by atoms with Gasteiger partial charge >= 0.3 is 0 Å². The lowest BCUT2D eigenvalue weighted by Crippen LogP contribution is -2.86. The van der Waals surface area contributed by atoms with E-state index in [1.807, 2.05) is 45.0 Å². The summed E-state index contributed by atoms with van der Waals surface area (Å²) < 4.78 is 28.1. The molecule has 1 amide bonds. The van der Waals surface area contributed by atoms with Gasteiger partial charge in [-0.2, -0.15) is 5.10 Å². The normalized spacial score (nSPS) is 12.0. The summed E-state index contributed by atoms with van der Waals surface area (Å²) in [7, 11) is 0. The highest BCUT2D eigenvalue weighted by atomic mass is 19.2. The van der Waals surface area contributed by atoms with Crippen LogP contribution in [-0.2, 0) is 4.79 Å². The first-order chi connectivity index (χ1) is 13.3. The number of hydrogen-bond donors (Lipinski definition) is 2. The van der Waals surface area contributed by atoms with Gasteiger partial charge < -0.3 is 10.6 Å². The third-order valence-corrected chi connectivity index (χ3v) is 4.50. The summed E-state index contributed by atoms with van der Waals surface area (Å²) in [5.74, 6) is -1.39. The van der Waals surface area contributed by atoms with Gasteiger partial charge in [-0.1, -0.05) is 17.7 Å². The molecule has 0 bridgehead atoms. The molecular formula is C21H23F2N4O+. The molecular weight excluding hydrogens is 362 g/mol. The highest BCUT2D eigenvalue weighted by Crippen LogP contribution is 2.17.